The Hall–Kier alpha value is -5.20. The molecule has 39 heavy (non-hydrogen) atoms. The first-order valence-electron chi connectivity index (χ1n) is 11.9. The van der Waals surface area contributed by atoms with Crippen molar-refractivity contribution in [3.05, 3.63) is 115 Å². The summed E-state index contributed by atoms with van der Waals surface area (Å²) in [6.07, 6.45) is 0. The van der Waals surface area contributed by atoms with Gasteiger partial charge in [0.2, 0.25) is 0 Å². The highest BCUT2D eigenvalue weighted by Crippen LogP contribution is 2.36. The van der Waals surface area contributed by atoms with E-state index in [2.05, 4.69) is 26.3 Å². The average Bonchev–Trinajstić information content (AvgIpc) is 2.98. The third-order valence-corrected chi connectivity index (χ3v) is 7.36. The molecule has 5 rings (SSSR count). The number of methoxy groups -OCH3 is 1. The molecule has 4 aromatic carbocycles. The van der Waals surface area contributed by atoms with Crippen LogP contribution in [0.5, 0.6) is 5.75 Å². The van der Waals surface area contributed by atoms with Gasteiger partial charge in [0.15, 0.2) is 5.82 Å². The molecule has 0 atom stereocenters. The molecule has 0 saturated heterocycles. The summed E-state index contributed by atoms with van der Waals surface area (Å²) in [6.45, 7) is 0. The van der Waals surface area contributed by atoms with Gasteiger partial charge in [-0.3, -0.25) is 4.72 Å². The summed E-state index contributed by atoms with van der Waals surface area (Å²) in [5.41, 5.74) is 4.21. The van der Waals surface area contributed by atoms with Crippen molar-refractivity contribution in [2.75, 3.05) is 17.1 Å². The number of hydrogen-bond donors (Lipinski definition) is 2. The van der Waals surface area contributed by atoms with Crippen molar-refractivity contribution in [2.24, 2.45) is 0 Å². The van der Waals surface area contributed by atoms with E-state index in [1.165, 1.54) is 12.1 Å². The average molecular weight is 534 g/mol. The molecular weight excluding hydrogens is 510 g/mol. The molecular formula is C30H23N5O3S. The van der Waals surface area contributed by atoms with E-state index >= 15 is 0 Å². The molecule has 0 amide bonds. The molecule has 0 unspecified atom stereocenters. The van der Waals surface area contributed by atoms with Crippen molar-refractivity contribution in [3.63, 3.8) is 0 Å². The molecule has 0 radical (unpaired) electrons. The molecule has 0 bridgehead atoms. The van der Waals surface area contributed by atoms with Crippen LogP contribution in [0.3, 0.4) is 0 Å². The minimum absolute atomic E-state index is 0.0832. The number of anilines is 3. The monoisotopic (exact) mass is 533 g/mol. The summed E-state index contributed by atoms with van der Waals surface area (Å²) in [5, 5.41) is 22.1. The normalized spacial score (nSPS) is 10.9. The second kappa shape index (κ2) is 11.0. The standard InChI is InChI=1S/C30H23N5O3S/c1-38-25-16-12-24(13-17-25)35-39(36,37)26-18-14-23(15-19-26)32-30-27(20-31)28(21-8-4-2-5-9-21)29(33-34-30)22-10-6-3-7-11-22/h2-19,35H,1H3,(H,32,34). The third-order valence-electron chi connectivity index (χ3n) is 5.96. The summed E-state index contributed by atoms with van der Waals surface area (Å²) in [4.78, 5) is 0.0832. The van der Waals surface area contributed by atoms with Crippen molar-refractivity contribution in [2.45, 2.75) is 4.90 Å². The Bertz CT molecular complexity index is 1740. The van der Waals surface area contributed by atoms with Gasteiger partial charge in [-0.15, -0.1) is 10.2 Å². The maximum atomic E-state index is 12.9. The smallest absolute Gasteiger partial charge is 0.261 e. The molecule has 0 aliphatic carbocycles. The van der Waals surface area contributed by atoms with Crippen LogP contribution >= 0.6 is 0 Å². The van der Waals surface area contributed by atoms with E-state index in [0.29, 0.717) is 33.9 Å². The minimum atomic E-state index is -3.81. The van der Waals surface area contributed by atoms with Gasteiger partial charge in [-0.2, -0.15) is 5.26 Å². The largest absolute Gasteiger partial charge is 0.497 e. The summed E-state index contributed by atoms with van der Waals surface area (Å²) < 4.78 is 33.4. The molecule has 0 saturated carbocycles. The lowest BCUT2D eigenvalue weighted by molar-refractivity contribution is 0.415. The van der Waals surface area contributed by atoms with E-state index < -0.39 is 10.0 Å². The SMILES string of the molecule is COc1ccc(NS(=O)(=O)c2ccc(Nc3nnc(-c4ccccc4)c(-c4ccccc4)c3C#N)cc2)cc1. The summed E-state index contributed by atoms with van der Waals surface area (Å²) in [6, 6.07) is 34.2. The number of nitriles is 1. The fraction of sp³-hybridized carbons (Fsp3) is 0.0333. The van der Waals surface area contributed by atoms with Crippen molar-refractivity contribution in [1.29, 1.82) is 5.26 Å². The second-order valence-corrected chi connectivity index (χ2v) is 10.2. The minimum Gasteiger partial charge on any atom is -0.497 e. The molecule has 0 spiro atoms. The first-order chi connectivity index (χ1) is 19.0. The Labute approximate surface area is 226 Å². The van der Waals surface area contributed by atoms with Gasteiger partial charge >= 0.3 is 0 Å². The van der Waals surface area contributed by atoms with Gasteiger partial charge in [0.05, 0.1) is 12.0 Å². The van der Waals surface area contributed by atoms with Crippen molar-refractivity contribution >= 4 is 27.2 Å². The van der Waals surface area contributed by atoms with E-state index in [9.17, 15) is 13.7 Å². The van der Waals surface area contributed by atoms with Crippen LogP contribution in [-0.4, -0.2) is 25.7 Å². The van der Waals surface area contributed by atoms with Crippen LogP contribution < -0.4 is 14.8 Å². The van der Waals surface area contributed by atoms with Crippen LogP contribution in [0.1, 0.15) is 5.56 Å². The number of nitrogens with one attached hydrogen (secondary N) is 2. The maximum absolute atomic E-state index is 12.9. The number of benzene rings is 4. The van der Waals surface area contributed by atoms with E-state index in [-0.39, 0.29) is 10.7 Å². The Balaban J connectivity index is 1.46. The quantitative estimate of drug-likeness (QED) is 0.243. The lowest BCUT2D eigenvalue weighted by atomic mass is 9.95. The van der Waals surface area contributed by atoms with Gasteiger partial charge in [0.25, 0.3) is 10.0 Å². The Morgan fingerprint density at radius 3 is 1.92 bits per heavy atom. The number of sulfonamides is 1. The molecule has 0 aliphatic heterocycles. The summed E-state index contributed by atoms with van der Waals surface area (Å²) >= 11 is 0. The van der Waals surface area contributed by atoms with E-state index in [0.717, 1.165) is 11.1 Å². The molecule has 5 aromatic rings. The van der Waals surface area contributed by atoms with Gasteiger partial charge in [-0.1, -0.05) is 60.7 Å². The number of ether oxygens (including phenoxy) is 1. The first kappa shape index (κ1) is 25.4. The molecule has 0 aliphatic rings. The Morgan fingerprint density at radius 1 is 0.744 bits per heavy atom. The molecule has 1 heterocycles. The van der Waals surface area contributed by atoms with E-state index in [1.807, 2.05) is 60.7 Å². The zero-order valence-corrected chi connectivity index (χ0v) is 21.7. The third kappa shape index (κ3) is 5.56. The highest BCUT2D eigenvalue weighted by Gasteiger charge is 2.20. The van der Waals surface area contributed by atoms with Gasteiger partial charge in [-0.25, -0.2) is 8.42 Å². The summed E-state index contributed by atoms with van der Waals surface area (Å²) in [7, 11) is -2.27. The number of nitrogens with zero attached hydrogens (tertiary/aromatic N) is 3. The van der Waals surface area contributed by atoms with Crippen molar-refractivity contribution in [1.82, 2.24) is 10.2 Å². The number of rotatable bonds is 8. The van der Waals surface area contributed by atoms with Crippen LogP contribution in [0.4, 0.5) is 17.2 Å². The molecule has 192 valence electrons. The number of aromatic nitrogens is 2. The topological polar surface area (TPSA) is 117 Å². The van der Waals surface area contributed by atoms with Crippen molar-refractivity contribution in [3.8, 4) is 34.2 Å². The highest BCUT2D eigenvalue weighted by atomic mass is 32.2. The Morgan fingerprint density at radius 2 is 1.33 bits per heavy atom. The first-order valence-corrected chi connectivity index (χ1v) is 13.4. The van der Waals surface area contributed by atoms with Crippen LogP contribution in [-0.2, 0) is 10.0 Å². The van der Waals surface area contributed by atoms with Gasteiger partial charge < -0.3 is 10.1 Å². The molecule has 2 N–H and O–H groups in total. The van der Waals surface area contributed by atoms with E-state index in [4.69, 9.17) is 4.74 Å². The zero-order valence-electron chi connectivity index (χ0n) is 20.9. The lowest BCUT2D eigenvalue weighted by Gasteiger charge is -2.15. The lowest BCUT2D eigenvalue weighted by Crippen LogP contribution is -2.12. The highest BCUT2D eigenvalue weighted by molar-refractivity contribution is 7.92. The maximum Gasteiger partial charge on any atom is 0.261 e. The second-order valence-electron chi connectivity index (χ2n) is 8.47. The Kier molecular flexibility index (Phi) is 7.21. The van der Waals surface area contributed by atoms with Gasteiger partial charge in [0, 0.05) is 22.5 Å². The van der Waals surface area contributed by atoms with Crippen LogP contribution in [0, 0.1) is 11.3 Å². The molecule has 0 fully saturated rings. The fourth-order valence-corrected chi connectivity index (χ4v) is 5.10. The predicted molar refractivity (Wildman–Crippen MR) is 151 cm³/mol. The predicted octanol–water partition coefficient (Wildman–Crippen LogP) is 6.24. The van der Waals surface area contributed by atoms with Crippen molar-refractivity contribution < 1.29 is 13.2 Å². The van der Waals surface area contributed by atoms with Crippen LogP contribution in [0.15, 0.2) is 114 Å². The molecule has 9 heteroatoms. The fourth-order valence-electron chi connectivity index (χ4n) is 4.04. The zero-order chi connectivity index (χ0) is 27.2. The summed E-state index contributed by atoms with van der Waals surface area (Å²) in [5.74, 6) is 0.892. The van der Waals surface area contributed by atoms with Crippen LogP contribution in [0.2, 0.25) is 0 Å². The number of hydrogen-bond acceptors (Lipinski definition) is 7. The van der Waals surface area contributed by atoms with Gasteiger partial charge in [-0.05, 0) is 54.1 Å². The van der Waals surface area contributed by atoms with Gasteiger partial charge in [0.1, 0.15) is 23.1 Å². The molecule has 8 nitrogen and oxygen atoms in total. The van der Waals surface area contributed by atoms with E-state index in [1.54, 1.807) is 43.5 Å². The molecule has 1 aromatic heterocycles. The van der Waals surface area contributed by atoms with Crippen LogP contribution in [0.25, 0.3) is 22.4 Å².